The number of nitrogens with one attached hydrogen (secondary N) is 1. The fourth-order valence-corrected chi connectivity index (χ4v) is 2.32. The van der Waals surface area contributed by atoms with Gasteiger partial charge < -0.3 is 14.8 Å². The Morgan fingerprint density at radius 2 is 2.47 bits per heavy atom. The zero-order valence-corrected chi connectivity index (χ0v) is 11.7. The molecule has 1 N–H and O–H groups in total. The predicted octanol–water partition coefficient (Wildman–Crippen LogP) is 2.18. The van der Waals surface area contributed by atoms with Crippen LogP contribution in [-0.2, 0) is 14.3 Å². The van der Waals surface area contributed by atoms with Gasteiger partial charge in [-0.1, -0.05) is 23.7 Å². The molecular weight excluding hydrogens is 266 g/mol. The molecule has 1 amide bonds. The maximum absolute atomic E-state index is 11.9. The molecule has 2 rings (SSSR count). The third kappa shape index (κ3) is 3.93. The van der Waals surface area contributed by atoms with Crippen molar-refractivity contribution in [2.24, 2.45) is 5.92 Å². The van der Waals surface area contributed by atoms with Gasteiger partial charge in [-0.05, 0) is 24.1 Å². The van der Waals surface area contributed by atoms with Crippen molar-refractivity contribution >= 4 is 17.5 Å². The molecule has 1 aromatic rings. The molecular formula is C14H18ClNO3. The van der Waals surface area contributed by atoms with Crippen molar-refractivity contribution in [1.82, 2.24) is 5.32 Å². The molecule has 1 aliphatic heterocycles. The number of carbonyl (C=O) groups is 1. The van der Waals surface area contributed by atoms with Crippen molar-refractivity contribution < 1.29 is 14.3 Å². The minimum atomic E-state index is -0.190. The second-order valence-corrected chi connectivity index (χ2v) is 5.02. The summed E-state index contributed by atoms with van der Waals surface area (Å²) in [5.41, 5.74) is 0.956. The van der Waals surface area contributed by atoms with E-state index < -0.39 is 0 Å². The third-order valence-electron chi connectivity index (χ3n) is 3.27. The third-order valence-corrected chi connectivity index (χ3v) is 3.50. The Morgan fingerprint density at radius 1 is 1.63 bits per heavy atom. The molecule has 1 fully saturated rings. The summed E-state index contributed by atoms with van der Waals surface area (Å²) in [5.74, 6) is -0.00144. The lowest BCUT2D eigenvalue weighted by molar-refractivity contribution is -0.125. The van der Waals surface area contributed by atoms with Crippen molar-refractivity contribution in [3.63, 3.8) is 0 Å². The zero-order valence-electron chi connectivity index (χ0n) is 10.9. The van der Waals surface area contributed by atoms with Crippen molar-refractivity contribution in [3.05, 3.63) is 34.9 Å². The summed E-state index contributed by atoms with van der Waals surface area (Å²) in [5, 5.41) is 3.57. The summed E-state index contributed by atoms with van der Waals surface area (Å²) in [6, 6.07) is 7.47. The van der Waals surface area contributed by atoms with Crippen LogP contribution in [0.15, 0.2) is 24.3 Å². The molecule has 1 saturated heterocycles. The van der Waals surface area contributed by atoms with E-state index in [1.807, 2.05) is 24.3 Å². The van der Waals surface area contributed by atoms with E-state index in [4.69, 9.17) is 21.1 Å². The number of hydrogen-bond donors (Lipinski definition) is 1. The van der Waals surface area contributed by atoms with Crippen LogP contribution >= 0.6 is 11.6 Å². The van der Waals surface area contributed by atoms with Gasteiger partial charge >= 0.3 is 0 Å². The zero-order chi connectivity index (χ0) is 13.7. The molecule has 104 valence electrons. The van der Waals surface area contributed by atoms with Gasteiger partial charge in [0, 0.05) is 25.3 Å². The number of rotatable bonds is 5. The van der Waals surface area contributed by atoms with Crippen LogP contribution in [0.5, 0.6) is 0 Å². The van der Waals surface area contributed by atoms with Crippen LogP contribution in [0.1, 0.15) is 18.1 Å². The summed E-state index contributed by atoms with van der Waals surface area (Å²) in [6.07, 6.45) is 0.602. The van der Waals surface area contributed by atoms with Crippen LogP contribution in [0, 0.1) is 5.92 Å². The molecule has 1 heterocycles. The van der Waals surface area contributed by atoms with Crippen molar-refractivity contribution in [2.45, 2.75) is 12.5 Å². The van der Waals surface area contributed by atoms with Gasteiger partial charge in [0.05, 0.1) is 18.6 Å². The Labute approximate surface area is 118 Å². The minimum Gasteiger partial charge on any atom is -0.381 e. The predicted molar refractivity (Wildman–Crippen MR) is 73.1 cm³/mol. The summed E-state index contributed by atoms with van der Waals surface area (Å²) in [6.45, 7) is 1.62. The van der Waals surface area contributed by atoms with Crippen molar-refractivity contribution in [1.29, 1.82) is 0 Å². The maximum atomic E-state index is 11.9. The van der Waals surface area contributed by atoms with Gasteiger partial charge in [-0.2, -0.15) is 0 Å². The van der Waals surface area contributed by atoms with E-state index in [1.54, 1.807) is 7.11 Å². The molecule has 2 atom stereocenters. The minimum absolute atomic E-state index is 0.0292. The molecule has 5 heteroatoms. The van der Waals surface area contributed by atoms with Crippen LogP contribution in [0.3, 0.4) is 0 Å². The summed E-state index contributed by atoms with van der Waals surface area (Å²) < 4.78 is 10.6. The SMILES string of the molecule is CO[C@@H](CNC(=O)[C@@H]1CCOC1)c1cccc(Cl)c1. The molecule has 1 aliphatic rings. The first-order valence-corrected chi connectivity index (χ1v) is 6.72. The fraction of sp³-hybridized carbons (Fsp3) is 0.500. The molecule has 0 aliphatic carbocycles. The highest BCUT2D eigenvalue weighted by atomic mass is 35.5. The fourth-order valence-electron chi connectivity index (χ4n) is 2.12. The topological polar surface area (TPSA) is 47.6 Å². The monoisotopic (exact) mass is 283 g/mol. The molecule has 19 heavy (non-hydrogen) atoms. The van der Waals surface area contributed by atoms with Crippen LogP contribution in [0.2, 0.25) is 5.02 Å². The van der Waals surface area contributed by atoms with Crippen molar-refractivity contribution in [2.75, 3.05) is 26.9 Å². The molecule has 0 unspecified atom stereocenters. The largest absolute Gasteiger partial charge is 0.381 e. The van der Waals surface area contributed by atoms with E-state index in [0.29, 0.717) is 24.8 Å². The van der Waals surface area contributed by atoms with Crippen LogP contribution < -0.4 is 5.32 Å². The summed E-state index contributed by atoms with van der Waals surface area (Å²) in [7, 11) is 1.62. The Balaban J connectivity index is 1.90. The van der Waals surface area contributed by atoms with Gasteiger partial charge in [-0.3, -0.25) is 4.79 Å². The van der Waals surface area contributed by atoms with Crippen LogP contribution in [0.4, 0.5) is 0 Å². The molecule has 0 aromatic heterocycles. The number of methoxy groups -OCH3 is 1. The van der Waals surface area contributed by atoms with Gasteiger partial charge in [-0.25, -0.2) is 0 Å². The van der Waals surface area contributed by atoms with Gasteiger partial charge in [0.1, 0.15) is 0 Å². The molecule has 1 aromatic carbocycles. The van der Waals surface area contributed by atoms with E-state index in [0.717, 1.165) is 12.0 Å². The van der Waals surface area contributed by atoms with Crippen LogP contribution in [0.25, 0.3) is 0 Å². The van der Waals surface area contributed by atoms with Crippen molar-refractivity contribution in [3.8, 4) is 0 Å². The Hall–Kier alpha value is -1.10. The van der Waals surface area contributed by atoms with Gasteiger partial charge in [0.25, 0.3) is 0 Å². The summed E-state index contributed by atoms with van der Waals surface area (Å²) in [4.78, 5) is 11.9. The lowest BCUT2D eigenvalue weighted by atomic mass is 10.1. The standard InChI is InChI=1S/C14H18ClNO3/c1-18-13(10-3-2-4-12(15)7-10)8-16-14(17)11-5-6-19-9-11/h2-4,7,11,13H,5-6,8-9H2,1H3,(H,16,17)/t11-,13+/m1/s1. The lowest BCUT2D eigenvalue weighted by Gasteiger charge is -2.18. The molecule has 0 radical (unpaired) electrons. The normalized spacial score (nSPS) is 20.2. The number of halogens is 1. The maximum Gasteiger partial charge on any atom is 0.225 e. The van der Waals surface area contributed by atoms with E-state index in [1.165, 1.54) is 0 Å². The average Bonchev–Trinajstić information content (AvgIpc) is 2.93. The second-order valence-electron chi connectivity index (χ2n) is 4.59. The average molecular weight is 284 g/mol. The molecule has 4 nitrogen and oxygen atoms in total. The highest BCUT2D eigenvalue weighted by Gasteiger charge is 2.24. The van der Waals surface area contributed by atoms with E-state index >= 15 is 0 Å². The molecule has 0 spiro atoms. The van der Waals surface area contributed by atoms with E-state index in [2.05, 4.69) is 5.32 Å². The quantitative estimate of drug-likeness (QED) is 0.901. The van der Waals surface area contributed by atoms with Gasteiger partial charge in [-0.15, -0.1) is 0 Å². The van der Waals surface area contributed by atoms with Gasteiger partial charge in [0.2, 0.25) is 5.91 Å². The number of amides is 1. The van der Waals surface area contributed by atoms with Gasteiger partial charge in [0.15, 0.2) is 0 Å². The Morgan fingerprint density at radius 3 is 3.11 bits per heavy atom. The molecule has 0 bridgehead atoms. The number of benzene rings is 1. The number of hydrogen-bond acceptors (Lipinski definition) is 3. The summed E-state index contributed by atoms with van der Waals surface area (Å²) >= 11 is 5.95. The van der Waals surface area contributed by atoms with E-state index in [9.17, 15) is 4.79 Å². The number of carbonyl (C=O) groups excluding carboxylic acids is 1. The highest BCUT2D eigenvalue weighted by molar-refractivity contribution is 6.30. The first kappa shape index (κ1) is 14.3. The first-order chi connectivity index (χ1) is 9.20. The Kier molecular flexibility index (Phi) is 5.19. The van der Waals surface area contributed by atoms with E-state index in [-0.39, 0.29) is 17.9 Å². The smallest absolute Gasteiger partial charge is 0.225 e. The lowest BCUT2D eigenvalue weighted by Crippen LogP contribution is -2.34. The van der Waals surface area contributed by atoms with Crippen LogP contribution in [-0.4, -0.2) is 32.8 Å². The first-order valence-electron chi connectivity index (χ1n) is 6.34. The molecule has 0 saturated carbocycles. The second kappa shape index (κ2) is 6.89. The number of ether oxygens (including phenoxy) is 2. The highest BCUT2D eigenvalue weighted by Crippen LogP contribution is 2.20. The Bertz CT molecular complexity index is 432.